The zero-order valence-electron chi connectivity index (χ0n) is 7.81. The van der Waals surface area contributed by atoms with Crippen LogP contribution in [0.2, 0.25) is 0 Å². The van der Waals surface area contributed by atoms with Gasteiger partial charge in [-0.15, -0.1) is 0 Å². The van der Waals surface area contributed by atoms with Crippen LogP contribution in [0.25, 0.3) is 0 Å². The van der Waals surface area contributed by atoms with Crippen molar-refractivity contribution in [2.75, 3.05) is 19.6 Å². The van der Waals surface area contributed by atoms with E-state index in [1.807, 2.05) is 0 Å². The highest BCUT2D eigenvalue weighted by Gasteiger charge is 2.02. The molecule has 2 N–H and O–H groups in total. The van der Waals surface area contributed by atoms with Crippen LogP contribution in [0.3, 0.4) is 0 Å². The predicted octanol–water partition coefficient (Wildman–Crippen LogP) is 0.598. The van der Waals surface area contributed by atoms with Crippen molar-refractivity contribution in [3.8, 4) is 0 Å². The molecule has 0 radical (unpaired) electrons. The summed E-state index contributed by atoms with van der Waals surface area (Å²) in [4.78, 5) is 10.8. The molecule has 13 heavy (non-hydrogen) atoms. The molecule has 3 heteroatoms. The maximum Gasteiger partial charge on any atom is 0.243 e. The van der Waals surface area contributed by atoms with Crippen molar-refractivity contribution in [2.45, 2.75) is 12.8 Å². The Morgan fingerprint density at radius 2 is 2.62 bits per heavy atom. The van der Waals surface area contributed by atoms with Crippen LogP contribution in [0, 0.1) is 0 Å². The van der Waals surface area contributed by atoms with E-state index in [1.165, 1.54) is 11.6 Å². The molecule has 0 aromatic heterocycles. The molecular formula is C10H16N2O. The fourth-order valence-electron chi connectivity index (χ4n) is 1.32. The van der Waals surface area contributed by atoms with Crippen molar-refractivity contribution in [3.05, 3.63) is 24.3 Å². The third kappa shape index (κ3) is 3.90. The summed E-state index contributed by atoms with van der Waals surface area (Å²) in [5.41, 5.74) is 1.43. The van der Waals surface area contributed by atoms with Crippen molar-refractivity contribution in [2.24, 2.45) is 0 Å². The maximum absolute atomic E-state index is 10.8. The van der Waals surface area contributed by atoms with Crippen molar-refractivity contribution < 1.29 is 4.79 Å². The summed E-state index contributed by atoms with van der Waals surface area (Å²) in [5, 5.41) is 6.01. The van der Waals surface area contributed by atoms with Gasteiger partial charge in [0, 0.05) is 13.1 Å². The van der Waals surface area contributed by atoms with E-state index in [0.29, 0.717) is 0 Å². The van der Waals surface area contributed by atoms with E-state index < -0.39 is 0 Å². The van der Waals surface area contributed by atoms with Crippen LogP contribution in [0.5, 0.6) is 0 Å². The SMILES string of the molecule is C=CC(=O)NCCC1=CCNCC1. The summed E-state index contributed by atoms with van der Waals surface area (Å²) in [6.07, 6.45) is 5.56. The van der Waals surface area contributed by atoms with Gasteiger partial charge < -0.3 is 10.6 Å². The molecule has 0 atom stereocenters. The molecule has 1 aliphatic heterocycles. The number of carbonyl (C=O) groups excluding carboxylic acids is 1. The van der Waals surface area contributed by atoms with Gasteiger partial charge in [0.25, 0.3) is 0 Å². The van der Waals surface area contributed by atoms with Crippen LogP contribution in [0.15, 0.2) is 24.3 Å². The van der Waals surface area contributed by atoms with Crippen molar-refractivity contribution in [1.29, 1.82) is 0 Å². The van der Waals surface area contributed by atoms with Gasteiger partial charge in [-0.05, 0) is 25.5 Å². The van der Waals surface area contributed by atoms with Gasteiger partial charge in [-0.3, -0.25) is 4.79 Å². The molecule has 1 aliphatic rings. The molecular weight excluding hydrogens is 164 g/mol. The molecule has 3 nitrogen and oxygen atoms in total. The average molecular weight is 180 g/mol. The largest absolute Gasteiger partial charge is 0.352 e. The van der Waals surface area contributed by atoms with E-state index >= 15 is 0 Å². The Labute approximate surface area is 78.9 Å². The molecule has 1 rings (SSSR count). The number of carbonyl (C=O) groups is 1. The molecule has 0 saturated heterocycles. The van der Waals surface area contributed by atoms with Gasteiger partial charge >= 0.3 is 0 Å². The summed E-state index contributed by atoms with van der Waals surface area (Å²) in [6.45, 7) is 6.13. The second-order valence-corrected chi connectivity index (χ2v) is 3.06. The van der Waals surface area contributed by atoms with Crippen LogP contribution in [0.1, 0.15) is 12.8 Å². The molecule has 0 unspecified atom stereocenters. The van der Waals surface area contributed by atoms with Crippen LogP contribution in [-0.4, -0.2) is 25.5 Å². The molecule has 1 amide bonds. The predicted molar refractivity (Wildman–Crippen MR) is 53.4 cm³/mol. The number of hydrogen-bond donors (Lipinski definition) is 2. The Hall–Kier alpha value is -1.09. The first-order valence-electron chi connectivity index (χ1n) is 4.62. The highest BCUT2D eigenvalue weighted by Crippen LogP contribution is 2.07. The first kappa shape index (κ1) is 9.99. The molecule has 0 aliphatic carbocycles. The maximum atomic E-state index is 10.8. The summed E-state index contributed by atoms with van der Waals surface area (Å²) >= 11 is 0. The smallest absolute Gasteiger partial charge is 0.243 e. The quantitative estimate of drug-likeness (QED) is 0.491. The standard InChI is InChI=1S/C10H16N2O/c1-2-10(13)12-8-5-9-3-6-11-7-4-9/h2-3,11H,1,4-8H2,(H,12,13). The normalized spacial score (nSPS) is 16.2. The van der Waals surface area contributed by atoms with E-state index in [-0.39, 0.29) is 5.91 Å². The van der Waals surface area contributed by atoms with Crippen molar-refractivity contribution in [3.63, 3.8) is 0 Å². The van der Waals surface area contributed by atoms with Gasteiger partial charge in [0.05, 0.1) is 0 Å². The number of rotatable bonds is 4. The van der Waals surface area contributed by atoms with E-state index in [2.05, 4.69) is 23.3 Å². The second kappa shape index (κ2) is 5.54. The molecule has 0 aromatic rings. The minimum Gasteiger partial charge on any atom is -0.352 e. The van der Waals surface area contributed by atoms with Crippen LogP contribution in [0.4, 0.5) is 0 Å². The van der Waals surface area contributed by atoms with Crippen LogP contribution >= 0.6 is 0 Å². The van der Waals surface area contributed by atoms with E-state index in [9.17, 15) is 4.79 Å². The molecule has 0 fully saturated rings. The Morgan fingerprint density at radius 3 is 3.23 bits per heavy atom. The van der Waals surface area contributed by atoms with E-state index in [1.54, 1.807) is 0 Å². The summed E-state index contributed by atoms with van der Waals surface area (Å²) in [7, 11) is 0. The van der Waals surface area contributed by atoms with Gasteiger partial charge in [-0.25, -0.2) is 0 Å². The van der Waals surface area contributed by atoms with Crippen LogP contribution < -0.4 is 10.6 Å². The Bertz CT molecular complexity index is 221. The zero-order chi connectivity index (χ0) is 9.52. The third-order valence-electron chi connectivity index (χ3n) is 2.09. The average Bonchev–Trinajstić information content (AvgIpc) is 2.19. The summed E-state index contributed by atoms with van der Waals surface area (Å²) in [6, 6.07) is 0. The fourth-order valence-corrected chi connectivity index (χ4v) is 1.32. The molecule has 1 heterocycles. The lowest BCUT2D eigenvalue weighted by Gasteiger charge is -2.13. The fraction of sp³-hybridized carbons (Fsp3) is 0.500. The first-order valence-corrected chi connectivity index (χ1v) is 4.62. The molecule has 0 spiro atoms. The van der Waals surface area contributed by atoms with Crippen LogP contribution in [-0.2, 0) is 4.79 Å². The first-order chi connectivity index (χ1) is 6.33. The number of hydrogen-bond acceptors (Lipinski definition) is 2. The highest BCUT2D eigenvalue weighted by molar-refractivity contribution is 5.86. The molecule has 0 bridgehead atoms. The van der Waals surface area contributed by atoms with E-state index in [0.717, 1.165) is 32.5 Å². The van der Waals surface area contributed by atoms with Gasteiger partial charge in [0.15, 0.2) is 0 Å². The minimum absolute atomic E-state index is 0.0884. The number of amides is 1. The molecule has 72 valence electrons. The van der Waals surface area contributed by atoms with Gasteiger partial charge in [0.2, 0.25) is 5.91 Å². The second-order valence-electron chi connectivity index (χ2n) is 3.06. The highest BCUT2D eigenvalue weighted by atomic mass is 16.1. The van der Waals surface area contributed by atoms with Crippen molar-refractivity contribution >= 4 is 5.91 Å². The Morgan fingerprint density at radius 1 is 1.77 bits per heavy atom. The number of nitrogens with one attached hydrogen (secondary N) is 2. The van der Waals surface area contributed by atoms with Gasteiger partial charge in [0.1, 0.15) is 0 Å². The third-order valence-corrected chi connectivity index (χ3v) is 2.09. The Balaban J connectivity index is 2.14. The summed E-state index contributed by atoms with van der Waals surface area (Å²) < 4.78 is 0. The zero-order valence-corrected chi connectivity index (χ0v) is 7.81. The lowest BCUT2D eigenvalue weighted by molar-refractivity contribution is -0.116. The topological polar surface area (TPSA) is 41.1 Å². The minimum atomic E-state index is -0.0884. The van der Waals surface area contributed by atoms with Crippen molar-refractivity contribution in [1.82, 2.24) is 10.6 Å². The Kier molecular flexibility index (Phi) is 4.26. The lowest BCUT2D eigenvalue weighted by Crippen LogP contribution is -2.25. The molecule has 0 aromatic carbocycles. The monoisotopic (exact) mass is 180 g/mol. The van der Waals surface area contributed by atoms with E-state index in [4.69, 9.17) is 0 Å². The lowest BCUT2D eigenvalue weighted by atomic mass is 10.1. The van der Waals surface area contributed by atoms with Gasteiger partial charge in [-0.2, -0.15) is 0 Å². The van der Waals surface area contributed by atoms with Gasteiger partial charge in [-0.1, -0.05) is 18.2 Å². The summed E-state index contributed by atoms with van der Waals surface area (Å²) in [5.74, 6) is -0.0884. The molecule has 0 saturated carbocycles.